The summed E-state index contributed by atoms with van der Waals surface area (Å²) in [5.41, 5.74) is 3.42. The summed E-state index contributed by atoms with van der Waals surface area (Å²) in [5, 5.41) is 8.72. The molecule has 128 valence electrons. The maximum absolute atomic E-state index is 12.5. The molecule has 1 fully saturated rings. The van der Waals surface area contributed by atoms with E-state index in [1.807, 2.05) is 48.5 Å². The van der Waals surface area contributed by atoms with Crippen LogP contribution in [-0.4, -0.2) is 48.2 Å². The molecule has 0 atom stereocenters. The van der Waals surface area contributed by atoms with E-state index in [1.165, 1.54) is 0 Å². The number of ether oxygens (including phenoxy) is 1. The van der Waals surface area contributed by atoms with Gasteiger partial charge >= 0.3 is 5.97 Å². The van der Waals surface area contributed by atoms with Gasteiger partial charge in [-0.15, -0.1) is 0 Å². The number of carbonyl (C=O) groups excluding carboxylic acids is 1. The Morgan fingerprint density at radius 1 is 1.00 bits per heavy atom. The van der Waals surface area contributed by atoms with E-state index < -0.39 is 5.97 Å². The van der Waals surface area contributed by atoms with E-state index in [-0.39, 0.29) is 5.91 Å². The summed E-state index contributed by atoms with van der Waals surface area (Å²) in [6.45, 7) is 2.41. The summed E-state index contributed by atoms with van der Waals surface area (Å²) < 4.78 is 5.27. The molecule has 0 aromatic heterocycles. The van der Waals surface area contributed by atoms with Crippen molar-refractivity contribution in [3.8, 4) is 11.1 Å². The third kappa shape index (κ3) is 4.33. The smallest absolute Gasteiger partial charge is 0.328 e. The van der Waals surface area contributed by atoms with Gasteiger partial charge in [-0.05, 0) is 41.0 Å². The van der Waals surface area contributed by atoms with Gasteiger partial charge in [-0.1, -0.05) is 30.3 Å². The molecule has 1 amide bonds. The number of amides is 1. The lowest BCUT2D eigenvalue weighted by atomic mass is 10.0. The molecule has 0 bridgehead atoms. The van der Waals surface area contributed by atoms with Crippen LogP contribution in [0.2, 0.25) is 0 Å². The van der Waals surface area contributed by atoms with Crippen LogP contribution in [0.1, 0.15) is 15.9 Å². The zero-order valence-corrected chi connectivity index (χ0v) is 13.7. The van der Waals surface area contributed by atoms with Crippen molar-refractivity contribution in [2.24, 2.45) is 0 Å². The number of hydrogen-bond acceptors (Lipinski definition) is 3. The van der Waals surface area contributed by atoms with Gasteiger partial charge in [0.1, 0.15) is 0 Å². The molecule has 0 saturated carbocycles. The molecule has 1 aliphatic heterocycles. The fourth-order valence-electron chi connectivity index (χ4n) is 2.74. The average molecular weight is 337 g/mol. The topological polar surface area (TPSA) is 66.8 Å². The summed E-state index contributed by atoms with van der Waals surface area (Å²) >= 11 is 0. The van der Waals surface area contributed by atoms with Gasteiger partial charge in [0.25, 0.3) is 5.91 Å². The Labute approximate surface area is 146 Å². The number of benzene rings is 2. The molecular formula is C20H19NO4. The van der Waals surface area contributed by atoms with Crippen LogP contribution < -0.4 is 0 Å². The Kier molecular flexibility index (Phi) is 5.26. The Hall–Kier alpha value is -2.92. The number of morpholine rings is 1. The number of carboxylic acid groups (broad SMARTS) is 1. The Balaban J connectivity index is 1.77. The minimum absolute atomic E-state index is 0.0213. The first-order valence-corrected chi connectivity index (χ1v) is 8.12. The number of aliphatic carboxylic acids is 1. The van der Waals surface area contributed by atoms with E-state index in [0.717, 1.165) is 22.8 Å². The van der Waals surface area contributed by atoms with E-state index >= 15 is 0 Å². The largest absolute Gasteiger partial charge is 0.478 e. The highest BCUT2D eigenvalue weighted by Gasteiger charge is 2.18. The summed E-state index contributed by atoms with van der Waals surface area (Å²) in [7, 11) is 0. The lowest BCUT2D eigenvalue weighted by molar-refractivity contribution is -0.131. The van der Waals surface area contributed by atoms with Gasteiger partial charge in [-0.3, -0.25) is 4.79 Å². The highest BCUT2D eigenvalue weighted by Crippen LogP contribution is 2.22. The minimum Gasteiger partial charge on any atom is -0.478 e. The summed E-state index contributed by atoms with van der Waals surface area (Å²) in [5.74, 6) is -0.954. The van der Waals surface area contributed by atoms with Crippen LogP contribution in [0.25, 0.3) is 17.2 Å². The van der Waals surface area contributed by atoms with Crippen molar-refractivity contribution in [1.82, 2.24) is 4.90 Å². The van der Waals surface area contributed by atoms with Crippen LogP contribution >= 0.6 is 0 Å². The molecule has 0 unspecified atom stereocenters. The number of hydrogen-bond donors (Lipinski definition) is 1. The molecule has 1 N–H and O–H groups in total. The highest BCUT2D eigenvalue weighted by atomic mass is 16.5. The lowest BCUT2D eigenvalue weighted by Gasteiger charge is -2.26. The predicted octanol–water partition coefficient (Wildman–Crippen LogP) is 2.92. The van der Waals surface area contributed by atoms with Gasteiger partial charge in [0, 0.05) is 24.7 Å². The molecule has 2 aromatic carbocycles. The van der Waals surface area contributed by atoms with Crippen molar-refractivity contribution in [2.75, 3.05) is 26.3 Å². The molecule has 0 spiro atoms. The molecule has 25 heavy (non-hydrogen) atoms. The highest BCUT2D eigenvalue weighted by molar-refractivity contribution is 5.94. The Morgan fingerprint density at radius 2 is 1.72 bits per heavy atom. The minimum atomic E-state index is -0.976. The van der Waals surface area contributed by atoms with Crippen LogP contribution in [0.15, 0.2) is 54.6 Å². The monoisotopic (exact) mass is 337 g/mol. The van der Waals surface area contributed by atoms with Crippen LogP contribution in [0.5, 0.6) is 0 Å². The van der Waals surface area contributed by atoms with E-state index in [9.17, 15) is 9.59 Å². The number of rotatable bonds is 4. The van der Waals surface area contributed by atoms with Crippen molar-refractivity contribution in [3.63, 3.8) is 0 Å². The van der Waals surface area contributed by atoms with Crippen molar-refractivity contribution < 1.29 is 19.4 Å². The Morgan fingerprint density at radius 3 is 2.40 bits per heavy atom. The van der Waals surface area contributed by atoms with Gasteiger partial charge in [0.05, 0.1) is 13.2 Å². The van der Waals surface area contributed by atoms with Gasteiger partial charge in [-0.2, -0.15) is 0 Å². The van der Waals surface area contributed by atoms with Crippen molar-refractivity contribution in [3.05, 3.63) is 65.7 Å². The van der Waals surface area contributed by atoms with E-state index in [1.54, 1.807) is 11.0 Å². The molecule has 5 heteroatoms. The number of carbonyl (C=O) groups is 2. The van der Waals surface area contributed by atoms with Crippen LogP contribution in [0, 0.1) is 0 Å². The second-order valence-corrected chi connectivity index (χ2v) is 5.78. The van der Waals surface area contributed by atoms with Gasteiger partial charge in [0.2, 0.25) is 0 Å². The standard InChI is InChI=1S/C20H19NO4/c22-19(23)9-4-15-2-1-3-18(14-15)16-5-7-17(8-6-16)20(24)21-10-12-25-13-11-21/h1-9,14H,10-13H2,(H,22,23)/b9-4+. The zero-order valence-electron chi connectivity index (χ0n) is 13.7. The normalized spacial score (nSPS) is 14.6. The van der Waals surface area contributed by atoms with E-state index in [4.69, 9.17) is 9.84 Å². The summed E-state index contributed by atoms with van der Waals surface area (Å²) in [6, 6.07) is 15.1. The van der Waals surface area contributed by atoms with E-state index in [0.29, 0.717) is 31.9 Å². The van der Waals surface area contributed by atoms with Crippen molar-refractivity contribution in [1.29, 1.82) is 0 Å². The van der Waals surface area contributed by atoms with Gasteiger partial charge < -0.3 is 14.7 Å². The molecule has 1 saturated heterocycles. The first-order valence-electron chi connectivity index (χ1n) is 8.12. The van der Waals surface area contributed by atoms with Crippen LogP contribution in [-0.2, 0) is 9.53 Å². The third-order valence-corrected chi connectivity index (χ3v) is 4.07. The quantitative estimate of drug-likeness (QED) is 0.871. The van der Waals surface area contributed by atoms with E-state index in [2.05, 4.69) is 0 Å². The van der Waals surface area contributed by atoms with Gasteiger partial charge in [0.15, 0.2) is 0 Å². The second kappa shape index (κ2) is 7.77. The molecule has 1 heterocycles. The first kappa shape index (κ1) is 16.9. The fraction of sp³-hybridized carbons (Fsp3) is 0.200. The van der Waals surface area contributed by atoms with Crippen LogP contribution in [0.4, 0.5) is 0 Å². The lowest BCUT2D eigenvalue weighted by Crippen LogP contribution is -2.40. The van der Waals surface area contributed by atoms with Crippen molar-refractivity contribution >= 4 is 18.0 Å². The second-order valence-electron chi connectivity index (χ2n) is 5.78. The predicted molar refractivity (Wildman–Crippen MR) is 95.3 cm³/mol. The zero-order chi connectivity index (χ0) is 17.6. The molecule has 3 rings (SSSR count). The molecule has 0 radical (unpaired) electrons. The molecule has 2 aromatic rings. The Bertz CT molecular complexity index is 790. The maximum Gasteiger partial charge on any atom is 0.328 e. The van der Waals surface area contributed by atoms with Gasteiger partial charge in [-0.25, -0.2) is 4.79 Å². The molecule has 0 aliphatic carbocycles. The molecule has 5 nitrogen and oxygen atoms in total. The molecular weight excluding hydrogens is 318 g/mol. The van der Waals surface area contributed by atoms with Crippen molar-refractivity contribution in [2.45, 2.75) is 0 Å². The SMILES string of the molecule is O=C(O)/C=C/c1cccc(-c2ccc(C(=O)N3CCOCC3)cc2)c1. The third-order valence-electron chi connectivity index (χ3n) is 4.07. The fourth-order valence-corrected chi connectivity index (χ4v) is 2.74. The summed E-state index contributed by atoms with van der Waals surface area (Å²) in [4.78, 5) is 24.9. The first-order chi connectivity index (χ1) is 12.1. The number of carboxylic acids is 1. The average Bonchev–Trinajstić information content (AvgIpc) is 2.67. The molecule has 1 aliphatic rings. The maximum atomic E-state index is 12.5. The number of nitrogens with zero attached hydrogens (tertiary/aromatic N) is 1. The van der Waals surface area contributed by atoms with Crippen LogP contribution in [0.3, 0.4) is 0 Å². The summed E-state index contributed by atoms with van der Waals surface area (Å²) in [6.07, 6.45) is 2.67.